The summed E-state index contributed by atoms with van der Waals surface area (Å²) in [5.41, 5.74) is 0.979. The number of allylic oxidation sites excluding steroid dienone is 2. The molecule has 26 heavy (non-hydrogen) atoms. The van der Waals surface area contributed by atoms with Gasteiger partial charge in [-0.3, -0.25) is 4.79 Å². The highest BCUT2D eigenvalue weighted by Gasteiger charge is 2.58. The molecule has 0 bridgehead atoms. The van der Waals surface area contributed by atoms with Crippen LogP contribution in [0.1, 0.15) is 85.0 Å². The number of aliphatic carboxylic acids is 1. The number of carboxylic acid groups (broad SMARTS) is 1. The summed E-state index contributed by atoms with van der Waals surface area (Å²) in [6, 6.07) is 0. The van der Waals surface area contributed by atoms with Gasteiger partial charge in [0.25, 0.3) is 0 Å². The number of rotatable bonds is 4. The lowest BCUT2D eigenvalue weighted by Gasteiger charge is -2.58. The second kappa shape index (κ2) is 6.67. The molecule has 0 heterocycles. The van der Waals surface area contributed by atoms with Crippen LogP contribution in [-0.2, 0) is 4.79 Å². The van der Waals surface area contributed by atoms with Crippen LogP contribution in [0, 0.1) is 46.3 Å². The molecule has 3 fully saturated rings. The Kier molecular flexibility index (Phi) is 4.77. The molecule has 4 aliphatic carbocycles. The third-order valence-electron chi connectivity index (χ3n) is 9.65. The molecule has 2 heteroatoms. The zero-order valence-corrected chi connectivity index (χ0v) is 17.0. The van der Waals surface area contributed by atoms with Gasteiger partial charge in [-0.15, -0.1) is 0 Å². The van der Waals surface area contributed by atoms with Crippen LogP contribution in [0.15, 0.2) is 12.2 Å². The van der Waals surface area contributed by atoms with Crippen LogP contribution in [0.25, 0.3) is 0 Å². The first-order chi connectivity index (χ1) is 12.4. The van der Waals surface area contributed by atoms with Crippen molar-refractivity contribution in [2.24, 2.45) is 46.3 Å². The van der Waals surface area contributed by atoms with E-state index in [1.165, 1.54) is 51.4 Å². The number of carbonyl (C=O) groups is 1. The van der Waals surface area contributed by atoms with Gasteiger partial charge in [0, 0.05) is 6.42 Å². The first-order valence-corrected chi connectivity index (χ1v) is 11.3. The van der Waals surface area contributed by atoms with Crippen LogP contribution in [0.3, 0.4) is 0 Å². The number of hydrogen-bond donors (Lipinski definition) is 1. The van der Waals surface area contributed by atoms with Crippen LogP contribution in [0.2, 0.25) is 0 Å². The van der Waals surface area contributed by atoms with Crippen molar-refractivity contribution in [2.45, 2.75) is 85.0 Å². The number of fused-ring (bicyclic) bond motifs is 5. The minimum absolute atomic E-state index is 0.337. The Bertz CT molecular complexity index is 581. The summed E-state index contributed by atoms with van der Waals surface area (Å²) in [6.07, 6.45) is 17.6. The highest BCUT2D eigenvalue weighted by Crippen LogP contribution is 2.66. The van der Waals surface area contributed by atoms with Crippen LogP contribution < -0.4 is 0 Å². The first-order valence-electron chi connectivity index (χ1n) is 11.3. The molecule has 4 aliphatic rings. The van der Waals surface area contributed by atoms with Crippen LogP contribution in [-0.4, -0.2) is 11.1 Å². The quantitative estimate of drug-likeness (QED) is 0.598. The molecule has 0 aromatic rings. The summed E-state index contributed by atoms with van der Waals surface area (Å²) in [5.74, 6) is 3.96. The average Bonchev–Trinajstić information content (AvgIpc) is 2.96. The second-order valence-electron chi connectivity index (χ2n) is 10.7. The summed E-state index contributed by atoms with van der Waals surface area (Å²) in [4.78, 5) is 11.0. The number of hydrogen-bond acceptors (Lipinski definition) is 1. The van der Waals surface area contributed by atoms with Gasteiger partial charge in [-0.2, -0.15) is 0 Å². The maximum Gasteiger partial charge on any atom is 0.303 e. The van der Waals surface area contributed by atoms with Gasteiger partial charge in [-0.1, -0.05) is 45.8 Å². The zero-order chi connectivity index (χ0) is 18.5. The maximum absolute atomic E-state index is 11.0. The molecule has 0 saturated heterocycles. The predicted molar refractivity (Wildman–Crippen MR) is 106 cm³/mol. The van der Waals surface area contributed by atoms with Crippen molar-refractivity contribution in [3.8, 4) is 0 Å². The SMILES string of the molecule is CC(CCC(=O)O)C1CCC2C3C=CC4CCCCC4(C)C3CCC12C. The second-order valence-corrected chi connectivity index (χ2v) is 10.7. The topological polar surface area (TPSA) is 37.3 Å². The standard InChI is InChI=1S/C24H38O2/c1-16(7-12-22(25)26)19-10-11-20-18-9-8-17-6-4-5-14-23(17,2)21(18)13-15-24(19,20)3/h8-9,16-21H,4-7,10-15H2,1-3H3,(H,25,26). The van der Waals surface area contributed by atoms with E-state index in [9.17, 15) is 4.79 Å². The summed E-state index contributed by atoms with van der Waals surface area (Å²) >= 11 is 0. The molecule has 0 aromatic carbocycles. The predicted octanol–water partition coefficient (Wildman–Crippen LogP) is 6.31. The van der Waals surface area contributed by atoms with E-state index in [0.717, 1.165) is 36.0 Å². The van der Waals surface area contributed by atoms with E-state index < -0.39 is 5.97 Å². The van der Waals surface area contributed by atoms with E-state index >= 15 is 0 Å². The molecule has 4 rings (SSSR count). The Labute approximate surface area is 159 Å². The fourth-order valence-corrected chi connectivity index (χ4v) is 8.18. The number of carboxylic acids is 1. The van der Waals surface area contributed by atoms with E-state index in [2.05, 4.69) is 32.9 Å². The fourth-order valence-electron chi connectivity index (χ4n) is 8.18. The van der Waals surface area contributed by atoms with Gasteiger partial charge in [-0.05, 0) is 91.3 Å². The fraction of sp³-hybridized carbons (Fsp3) is 0.875. The third kappa shape index (κ3) is 2.78. The zero-order valence-electron chi connectivity index (χ0n) is 17.0. The highest BCUT2D eigenvalue weighted by molar-refractivity contribution is 5.66. The average molecular weight is 359 g/mol. The van der Waals surface area contributed by atoms with Crippen molar-refractivity contribution in [1.29, 1.82) is 0 Å². The molecule has 8 atom stereocenters. The molecular weight excluding hydrogens is 320 g/mol. The highest BCUT2D eigenvalue weighted by atomic mass is 16.4. The van der Waals surface area contributed by atoms with E-state index in [4.69, 9.17) is 5.11 Å². The van der Waals surface area contributed by atoms with Gasteiger partial charge in [-0.25, -0.2) is 0 Å². The Balaban J connectivity index is 1.55. The lowest BCUT2D eigenvalue weighted by Crippen LogP contribution is -2.51. The van der Waals surface area contributed by atoms with Crippen molar-refractivity contribution >= 4 is 5.97 Å². The van der Waals surface area contributed by atoms with Gasteiger partial charge >= 0.3 is 5.97 Å². The molecule has 0 aliphatic heterocycles. The Hall–Kier alpha value is -0.790. The van der Waals surface area contributed by atoms with Crippen LogP contribution >= 0.6 is 0 Å². The minimum Gasteiger partial charge on any atom is -0.481 e. The van der Waals surface area contributed by atoms with Gasteiger partial charge in [0.1, 0.15) is 0 Å². The van der Waals surface area contributed by atoms with Gasteiger partial charge in [0.15, 0.2) is 0 Å². The van der Waals surface area contributed by atoms with Crippen molar-refractivity contribution < 1.29 is 9.90 Å². The summed E-state index contributed by atoms with van der Waals surface area (Å²) in [7, 11) is 0. The third-order valence-corrected chi connectivity index (χ3v) is 9.65. The molecule has 146 valence electrons. The smallest absolute Gasteiger partial charge is 0.303 e. The van der Waals surface area contributed by atoms with Crippen molar-refractivity contribution in [2.75, 3.05) is 0 Å². The van der Waals surface area contributed by atoms with E-state index in [0.29, 0.717) is 23.2 Å². The van der Waals surface area contributed by atoms with Crippen molar-refractivity contribution in [1.82, 2.24) is 0 Å². The van der Waals surface area contributed by atoms with Crippen molar-refractivity contribution in [3.05, 3.63) is 12.2 Å². The Morgan fingerprint density at radius 1 is 1.04 bits per heavy atom. The summed E-state index contributed by atoms with van der Waals surface area (Å²) in [6.45, 7) is 7.50. The van der Waals surface area contributed by atoms with Crippen LogP contribution in [0.5, 0.6) is 0 Å². The molecule has 2 nitrogen and oxygen atoms in total. The largest absolute Gasteiger partial charge is 0.481 e. The van der Waals surface area contributed by atoms with Gasteiger partial charge in [0.05, 0.1) is 0 Å². The van der Waals surface area contributed by atoms with E-state index in [1.807, 2.05) is 0 Å². The van der Waals surface area contributed by atoms with Crippen LogP contribution in [0.4, 0.5) is 0 Å². The van der Waals surface area contributed by atoms with Gasteiger partial charge in [0.2, 0.25) is 0 Å². The molecule has 8 unspecified atom stereocenters. The van der Waals surface area contributed by atoms with E-state index in [-0.39, 0.29) is 0 Å². The summed E-state index contributed by atoms with van der Waals surface area (Å²) in [5, 5.41) is 9.09. The lowest BCUT2D eigenvalue weighted by molar-refractivity contribution is -0.137. The molecule has 0 amide bonds. The maximum atomic E-state index is 11.0. The minimum atomic E-state index is -0.633. The molecule has 0 aromatic heterocycles. The Morgan fingerprint density at radius 3 is 2.58 bits per heavy atom. The molecule has 3 saturated carbocycles. The molecule has 1 N–H and O–H groups in total. The normalized spacial score (nSPS) is 48.3. The molecular formula is C24H38O2. The summed E-state index contributed by atoms with van der Waals surface area (Å²) < 4.78 is 0. The first kappa shape index (κ1) is 18.6. The lowest BCUT2D eigenvalue weighted by atomic mass is 9.46. The molecule has 0 spiro atoms. The Morgan fingerprint density at radius 2 is 1.81 bits per heavy atom. The van der Waals surface area contributed by atoms with E-state index in [1.54, 1.807) is 0 Å². The van der Waals surface area contributed by atoms with Crippen molar-refractivity contribution in [3.63, 3.8) is 0 Å². The monoisotopic (exact) mass is 358 g/mol. The molecule has 0 radical (unpaired) electrons. The van der Waals surface area contributed by atoms with Gasteiger partial charge < -0.3 is 5.11 Å².